The first-order valence-electron chi connectivity index (χ1n) is 8.95. The second-order valence-electron chi connectivity index (χ2n) is 6.39. The van der Waals surface area contributed by atoms with E-state index < -0.39 is 5.25 Å². The molecule has 0 radical (unpaired) electrons. The molecule has 28 heavy (non-hydrogen) atoms. The van der Waals surface area contributed by atoms with Gasteiger partial charge in [-0.15, -0.1) is 11.3 Å². The van der Waals surface area contributed by atoms with Crippen molar-refractivity contribution in [3.63, 3.8) is 0 Å². The van der Waals surface area contributed by atoms with Crippen molar-refractivity contribution in [1.29, 1.82) is 0 Å². The van der Waals surface area contributed by atoms with Crippen LogP contribution in [-0.4, -0.2) is 26.5 Å². The van der Waals surface area contributed by atoms with E-state index in [2.05, 4.69) is 10.3 Å². The predicted octanol–water partition coefficient (Wildman–Crippen LogP) is 4.10. The van der Waals surface area contributed by atoms with Gasteiger partial charge in [0.1, 0.15) is 4.70 Å². The summed E-state index contributed by atoms with van der Waals surface area (Å²) in [6.07, 6.45) is 1.25. The molecule has 0 spiro atoms. The Kier molecular flexibility index (Phi) is 6.31. The number of hydrogen-bond donors (Lipinski definition) is 1. The first kappa shape index (κ1) is 20.3. The summed E-state index contributed by atoms with van der Waals surface area (Å²) in [6.45, 7) is 3.75. The van der Waals surface area contributed by atoms with Crippen molar-refractivity contribution in [3.05, 3.63) is 51.6 Å². The van der Waals surface area contributed by atoms with Crippen LogP contribution in [0.4, 0.5) is 5.69 Å². The normalized spacial score (nSPS) is 12.1. The molecular formula is C20H21N3O3S2. The van der Waals surface area contributed by atoms with Crippen molar-refractivity contribution in [1.82, 2.24) is 9.55 Å². The van der Waals surface area contributed by atoms with Crippen LogP contribution < -0.4 is 10.9 Å². The molecule has 2 heterocycles. The minimum absolute atomic E-state index is 0.0404. The van der Waals surface area contributed by atoms with Gasteiger partial charge in [-0.25, -0.2) is 4.98 Å². The molecule has 1 aromatic carbocycles. The zero-order valence-corrected chi connectivity index (χ0v) is 17.5. The Hall–Kier alpha value is -2.45. The van der Waals surface area contributed by atoms with E-state index in [0.29, 0.717) is 33.0 Å². The highest BCUT2D eigenvalue weighted by Crippen LogP contribution is 2.26. The minimum atomic E-state index is -0.408. The van der Waals surface area contributed by atoms with Gasteiger partial charge in [-0.3, -0.25) is 19.0 Å². The van der Waals surface area contributed by atoms with Crippen LogP contribution in [0.5, 0.6) is 0 Å². The highest BCUT2D eigenvalue weighted by atomic mass is 32.2. The highest BCUT2D eigenvalue weighted by Gasteiger charge is 2.20. The van der Waals surface area contributed by atoms with Gasteiger partial charge >= 0.3 is 0 Å². The SMILES string of the molecule is CCCC(=O)Nc1ccc(C(=O)C(C)Sc2nc3ccsc3c(=O)n2C)cc1. The average Bonchev–Trinajstić information content (AvgIpc) is 3.14. The molecule has 0 saturated carbocycles. The Bertz CT molecular complexity index is 1070. The number of rotatable bonds is 7. The quantitative estimate of drug-likeness (QED) is 0.357. The number of thiophene rings is 1. The molecule has 8 heteroatoms. The summed E-state index contributed by atoms with van der Waals surface area (Å²) in [4.78, 5) is 41.4. The number of nitrogens with one attached hydrogen (secondary N) is 1. The van der Waals surface area contributed by atoms with Gasteiger partial charge in [0, 0.05) is 24.7 Å². The van der Waals surface area contributed by atoms with Crippen molar-refractivity contribution < 1.29 is 9.59 Å². The molecule has 0 fully saturated rings. The van der Waals surface area contributed by atoms with Crippen LogP contribution in [0, 0.1) is 0 Å². The number of Topliss-reactive ketones (excluding diaryl/α,β-unsaturated/α-hetero) is 1. The molecular weight excluding hydrogens is 394 g/mol. The molecule has 1 unspecified atom stereocenters. The summed E-state index contributed by atoms with van der Waals surface area (Å²) in [5, 5.41) is 4.75. The fourth-order valence-corrected chi connectivity index (χ4v) is 4.44. The zero-order valence-electron chi connectivity index (χ0n) is 15.9. The lowest BCUT2D eigenvalue weighted by atomic mass is 10.1. The number of nitrogens with zero attached hydrogens (tertiary/aromatic N) is 2. The maximum absolute atomic E-state index is 12.8. The Balaban J connectivity index is 1.73. The lowest BCUT2D eigenvalue weighted by Crippen LogP contribution is -2.21. The number of carbonyl (C=O) groups is 2. The van der Waals surface area contributed by atoms with Gasteiger partial charge < -0.3 is 5.32 Å². The Morgan fingerprint density at radius 3 is 2.64 bits per heavy atom. The molecule has 2 aromatic heterocycles. The summed E-state index contributed by atoms with van der Waals surface area (Å²) >= 11 is 2.63. The molecule has 0 saturated heterocycles. The Morgan fingerprint density at radius 1 is 1.25 bits per heavy atom. The third-order valence-electron chi connectivity index (χ3n) is 4.23. The van der Waals surface area contributed by atoms with E-state index in [9.17, 15) is 14.4 Å². The lowest BCUT2D eigenvalue weighted by molar-refractivity contribution is -0.116. The van der Waals surface area contributed by atoms with Crippen molar-refractivity contribution in [2.45, 2.75) is 37.1 Å². The van der Waals surface area contributed by atoms with Gasteiger partial charge in [-0.05, 0) is 49.1 Å². The topological polar surface area (TPSA) is 81.1 Å². The van der Waals surface area contributed by atoms with Crippen molar-refractivity contribution in [2.75, 3.05) is 5.32 Å². The number of ketones is 1. The van der Waals surface area contributed by atoms with Gasteiger partial charge in [0.2, 0.25) is 5.91 Å². The summed E-state index contributed by atoms with van der Waals surface area (Å²) in [5.74, 6) is -0.0996. The van der Waals surface area contributed by atoms with Crippen LogP contribution >= 0.6 is 23.1 Å². The van der Waals surface area contributed by atoms with E-state index in [0.717, 1.165) is 6.42 Å². The highest BCUT2D eigenvalue weighted by molar-refractivity contribution is 8.00. The fraction of sp³-hybridized carbons (Fsp3) is 0.300. The number of fused-ring (bicyclic) bond motifs is 1. The number of thioether (sulfide) groups is 1. The van der Waals surface area contributed by atoms with Crippen LogP contribution in [0.3, 0.4) is 0 Å². The van der Waals surface area contributed by atoms with Gasteiger partial charge in [-0.2, -0.15) is 0 Å². The number of carbonyl (C=O) groups excluding carboxylic acids is 2. The van der Waals surface area contributed by atoms with Gasteiger partial charge in [-0.1, -0.05) is 18.7 Å². The minimum Gasteiger partial charge on any atom is -0.326 e. The number of hydrogen-bond acceptors (Lipinski definition) is 6. The lowest BCUT2D eigenvalue weighted by Gasteiger charge is -2.13. The smallest absolute Gasteiger partial charge is 0.271 e. The van der Waals surface area contributed by atoms with Crippen LogP contribution in [0.1, 0.15) is 37.0 Å². The molecule has 3 aromatic rings. The van der Waals surface area contributed by atoms with E-state index in [1.165, 1.54) is 27.7 Å². The first-order chi connectivity index (χ1) is 13.4. The third-order valence-corrected chi connectivity index (χ3v) is 6.26. The molecule has 3 rings (SSSR count). The Morgan fingerprint density at radius 2 is 1.96 bits per heavy atom. The fourth-order valence-electron chi connectivity index (χ4n) is 2.69. The van der Waals surface area contributed by atoms with Crippen molar-refractivity contribution in [3.8, 4) is 0 Å². The van der Waals surface area contributed by atoms with Crippen LogP contribution in [0.15, 0.2) is 45.7 Å². The van der Waals surface area contributed by atoms with Crippen LogP contribution in [0.2, 0.25) is 0 Å². The Labute approximate surface area is 171 Å². The number of amides is 1. The summed E-state index contributed by atoms with van der Waals surface area (Å²) < 4.78 is 2.10. The monoisotopic (exact) mass is 415 g/mol. The maximum Gasteiger partial charge on any atom is 0.271 e. The van der Waals surface area contributed by atoms with Crippen LogP contribution in [-0.2, 0) is 11.8 Å². The molecule has 1 N–H and O–H groups in total. The van der Waals surface area contributed by atoms with Gasteiger partial charge in [0.25, 0.3) is 5.56 Å². The van der Waals surface area contributed by atoms with E-state index in [-0.39, 0.29) is 17.2 Å². The number of aromatic nitrogens is 2. The molecule has 1 atom stereocenters. The second kappa shape index (κ2) is 8.70. The third kappa shape index (κ3) is 4.34. The zero-order chi connectivity index (χ0) is 20.3. The van der Waals surface area contributed by atoms with Crippen molar-refractivity contribution in [2.24, 2.45) is 7.05 Å². The molecule has 146 valence electrons. The molecule has 0 bridgehead atoms. The second-order valence-corrected chi connectivity index (χ2v) is 8.62. The molecule has 6 nitrogen and oxygen atoms in total. The molecule has 0 aliphatic rings. The first-order valence-corrected chi connectivity index (χ1v) is 10.7. The predicted molar refractivity (Wildman–Crippen MR) is 114 cm³/mol. The largest absolute Gasteiger partial charge is 0.326 e. The van der Waals surface area contributed by atoms with Gasteiger partial charge in [0.05, 0.1) is 10.8 Å². The van der Waals surface area contributed by atoms with Gasteiger partial charge in [0.15, 0.2) is 10.9 Å². The van der Waals surface area contributed by atoms with E-state index in [1.54, 1.807) is 38.2 Å². The van der Waals surface area contributed by atoms with Crippen LogP contribution in [0.25, 0.3) is 10.2 Å². The average molecular weight is 416 g/mol. The number of benzene rings is 1. The van der Waals surface area contributed by atoms with E-state index >= 15 is 0 Å². The molecule has 0 aliphatic carbocycles. The molecule has 0 aliphatic heterocycles. The molecule has 1 amide bonds. The standard InChI is InChI=1S/C20H21N3O3S2/c1-4-5-16(24)21-14-8-6-13(7-9-14)17(25)12(2)28-20-22-15-10-11-27-18(15)19(26)23(20)3/h6-12H,4-5H2,1-3H3,(H,21,24). The maximum atomic E-state index is 12.8. The van der Waals surface area contributed by atoms with Crippen molar-refractivity contribution >= 4 is 50.7 Å². The number of anilines is 1. The van der Waals surface area contributed by atoms with E-state index in [1.807, 2.05) is 18.4 Å². The van der Waals surface area contributed by atoms with E-state index in [4.69, 9.17) is 0 Å². The summed E-state index contributed by atoms with van der Waals surface area (Å²) in [6, 6.07) is 8.67. The summed E-state index contributed by atoms with van der Waals surface area (Å²) in [5.41, 5.74) is 1.77. The summed E-state index contributed by atoms with van der Waals surface area (Å²) in [7, 11) is 1.67.